The highest BCUT2D eigenvalue weighted by Gasteiger charge is 1.96. The summed E-state index contributed by atoms with van der Waals surface area (Å²) in [5, 5.41) is 0.582. The summed E-state index contributed by atoms with van der Waals surface area (Å²) in [6.07, 6.45) is 1.58. The van der Waals surface area contributed by atoms with Gasteiger partial charge in [-0.1, -0.05) is 11.6 Å². The molecule has 0 saturated heterocycles. The van der Waals surface area contributed by atoms with Gasteiger partial charge in [-0.2, -0.15) is 0 Å². The number of nitrogen functional groups attached to an aromatic ring is 1. The quantitative estimate of drug-likeness (QED) is 0.478. The standard InChI is InChI=1S/C6H8ClN3/c1-4-6(10-8)2-5(7)3-9-4/h2-3,10H,8H2,1H3. The molecule has 0 atom stereocenters. The molecule has 3 nitrogen and oxygen atoms in total. The van der Waals surface area contributed by atoms with E-state index in [4.69, 9.17) is 17.4 Å². The molecule has 54 valence electrons. The second-order valence-electron chi connectivity index (χ2n) is 1.93. The van der Waals surface area contributed by atoms with E-state index < -0.39 is 0 Å². The number of hydrazine groups is 1. The number of hydrogen-bond donors (Lipinski definition) is 2. The summed E-state index contributed by atoms with van der Waals surface area (Å²) in [5.74, 6) is 5.17. The van der Waals surface area contributed by atoms with Crippen LogP contribution in [0.4, 0.5) is 5.69 Å². The third kappa shape index (κ3) is 1.37. The van der Waals surface area contributed by atoms with Crippen LogP contribution in [0.2, 0.25) is 5.02 Å². The van der Waals surface area contributed by atoms with E-state index in [0.717, 1.165) is 11.4 Å². The van der Waals surface area contributed by atoms with Crippen molar-refractivity contribution in [3.05, 3.63) is 23.0 Å². The topological polar surface area (TPSA) is 50.9 Å². The van der Waals surface area contributed by atoms with Crippen LogP contribution in [0.5, 0.6) is 0 Å². The summed E-state index contributed by atoms with van der Waals surface area (Å²) in [6, 6.07) is 1.73. The Hall–Kier alpha value is -0.800. The maximum absolute atomic E-state index is 5.64. The summed E-state index contributed by atoms with van der Waals surface area (Å²) in [7, 11) is 0. The van der Waals surface area contributed by atoms with Crippen LogP contribution < -0.4 is 11.3 Å². The molecule has 0 aliphatic rings. The Morgan fingerprint density at radius 1 is 1.70 bits per heavy atom. The van der Waals surface area contributed by atoms with Crippen molar-refractivity contribution < 1.29 is 0 Å². The Balaban J connectivity index is 3.09. The number of anilines is 1. The van der Waals surface area contributed by atoms with Crippen molar-refractivity contribution in [2.75, 3.05) is 5.43 Å². The van der Waals surface area contributed by atoms with Gasteiger partial charge in [-0.05, 0) is 13.0 Å². The van der Waals surface area contributed by atoms with Crippen molar-refractivity contribution in [3.8, 4) is 0 Å². The Morgan fingerprint density at radius 2 is 2.40 bits per heavy atom. The van der Waals surface area contributed by atoms with Crippen LogP contribution in [0, 0.1) is 6.92 Å². The zero-order valence-corrected chi connectivity index (χ0v) is 6.31. The minimum Gasteiger partial charge on any atom is -0.322 e. The van der Waals surface area contributed by atoms with Gasteiger partial charge in [0, 0.05) is 6.20 Å². The molecule has 10 heavy (non-hydrogen) atoms. The number of aryl methyl sites for hydroxylation is 1. The molecule has 3 N–H and O–H groups in total. The number of pyridine rings is 1. The minimum atomic E-state index is 0.582. The van der Waals surface area contributed by atoms with Crippen LogP contribution in [0.15, 0.2) is 12.3 Å². The first-order valence-corrected chi connectivity index (χ1v) is 3.20. The second kappa shape index (κ2) is 2.86. The van der Waals surface area contributed by atoms with Gasteiger partial charge in [-0.15, -0.1) is 0 Å². The zero-order chi connectivity index (χ0) is 7.56. The fourth-order valence-corrected chi connectivity index (χ4v) is 0.812. The molecule has 1 heterocycles. The van der Waals surface area contributed by atoms with Crippen molar-refractivity contribution in [1.82, 2.24) is 4.98 Å². The molecule has 0 saturated carbocycles. The van der Waals surface area contributed by atoms with Crippen molar-refractivity contribution in [3.63, 3.8) is 0 Å². The molecular weight excluding hydrogens is 150 g/mol. The van der Waals surface area contributed by atoms with Gasteiger partial charge in [0.15, 0.2) is 0 Å². The maximum Gasteiger partial charge on any atom is 0.0713 e. The van der Waals surface area contributed by atoms with Crippen molar-refractivity contribution >= 4 is 17.3 Å². The fraction of sp³-hybridized carbons (Fsp3) is 0.167. The smallest absolute Gasteiger partial charge is 0.0713 e. The Kier molecular flexibility index (Phi) is 2.09. The van der Waals surface area contributed by atoms with Crippen LogP contribution in [0.1, 0.15) is 5.69 Å². The average Bonchev–Trinajstić information content (AvgIpc) is 1.94. The first kappa shape index (κ1) is 7.31. The highest BCUT2D eigenvalue weighted by molar-refractivity contribution is 6.30. The molecule has 0 aromatic carbocycles. The minimum absolute atomic E-state index is 0.582. The number of hydrogen-bond acceptors (Lipinski definition) is 3. The van der Waals surface area contributed by atoms with E-state index in [2.05, 4.69) is 10.4 Å². The van der Waals surface area contributed by atoms with E-state index >= 15 is 0 Å². The highest BCUT2D eigenvalue weighted by atomic mass is 35.5. The van der Waals surface area contributed by atoms with Gasteiger partial charge in [-0.3, -0.25) is 10.8 Å². The largest absolute Gasteiger partial charge is 0.322 e. The van der Waals surface area contributed by atoms with E-state index in [1.807, 2.05) is 6.92 Å². The first-order chi connectivity index (χ1) is 4.74. The summed E-state index contributed by atoms with van der Waals surface area (Å²) in [5.41, 5.74) is 4.09. The van der Waals surface area contributed by atoms with Gasteiger partial charge in [0.25, 0.3) is 0 Å². The lowest BCUT2D eigenvalue weighted by atomic mass is 10.3. The molecule has 0 fully saturated rings. The molecule has 4 heteroatoms. The lowest BCUT2D eigenvalue weighted by Gasteiger charge is -2.02. The molecule has 0 aliphatic heterocycles. The monoisotopic (exact) mass is 157 g/mol. The van der Waals surface area contributed by atoms with Crippen LogP contribution in [0.25, 0.3) is 0 Å². The van der Waals surface area contributed by atoms with Gasteiger partial charge in [0.2, 0.25) is 0 Å². The number of nitrogens with zero attached hydrogens (tertiary/aromatic N) is 1. The Labute approximate surface area is 64.2 Å². The van der Waals surface area contributed by atoms with E-state index in [1.54, 1.807) is 12.3 Å². The molecule has 0 spiro atoms. The summed E-state index contributed by atoms with van der Waals surface area (Å²) >= 11 is 5.64. The molecule has 0 amide bonds. The third-order valence-corrected chi connectivity index (χ3v) is 1.42. The van der Waals surface area contributed by atoms with Crippen LogP contribution in [0.3, 0.4) is 0 Å². The van der Waals surface area contributed by atoms with Gasteiger partial charge < -0.3 is 5.43 Å². The van der Waals surface area contributed by atoms with E-state index in [9.17, 15) is 0 Å². The van der Waals surface area contributed by atoms with Crippen molar-refractivity contribution in [2.45, 2.75) is 6.92 Å². The van der Waals surface area contributed by atoms with Gasteiger partial charge in [0.1, 0.15) is 0 Å². The molecule has 0 aliphatic carbocycles. The van der Waals surface area contributed by atoms with Gasteiger partial charge >= 0.3 is 0 Å². The van der Waals surface area contributed by atoms with Gasteiger partial charge in [0.05, 0.1) is 16.4 Å². The molecular formula is C6H8ClN3. The Morgan fingerprint density at radius 3 is 2.90 bits per heavy atom. The van der Waals surface area contributed by atoms with Crippen LogP contribution >= 0.6 is 11.6 Å². The maximum atomic E-state index is 5.64. The van der Waals surface area contributed by atoms with E-state index in [1.165, 1.54) is 0 Å². The zero-order valence-electron chi connectivity index (χ0n) is 5.56. The predicted octanol–water partition coefficient (Wildman–Crippen LogP) is 1.33. The number of nitrogens with one attached hydrogen (secondary N) is 1. The van der Waals surface area contributed by atoms with E-state index in [0.29, 0.717) is 5.02 Å². The number of halogens is 1. The third-order valence-electron chi connectivity index (χ3n) is 1.21. The normalized spacial score (nSPS) is 9.50. The molecule has 1 aromatic heterocycles. The lowest BCUT2D eigenvalue weighted by Crippen LogP contribution is -2.08. The molecule has 1 rings (SSSR count). The second-order valence-corrected chi connectivity index (χ2v) is 2.37. The SMILES string of the molecule is Cc1ncc(Cl)cc1NN. The van der Waals surface area contributed by atoms with E-state index in [-0.39, 0.29) is 0 Å². The lowest BCUT2D eigenvalue weighted by molar-refractivity contribution is 1.17. The first-order valence-electron chi connectivity index (χ1n) is 2.83. The number of aromatic nitrogens is 1. The van der Waals surface area contributed by atoms with Crippen LogP contribution in [-0.2, 0) is 0 Å². The Bertz CT molecular complexity index is 236. The summed E-state index contributed by atoms with van der Waals surface area (Å²) in [4.78, 5) is 3.98. The van der Waals surface area contributed by atoms with Crippen molar-refractivity contribution in [2.24, 2.45) is 5.84 Å². The number of nitrogens with two attached hydrogens (primary N) is 1. The van der Waals surface area contributed by atoms with Crippen molar-refractivity contribution in [1.29, 1.82) is 0 Å². The summed E-state index contributed by atoms with van der Waals surface area (Å²) in [6.45, 7) is 1.85. The molecule has 0 radical (unpaired) electrons. The highest BCUT2D eigenvalue weighted by Crippen LogP contribution is 2.15. The molecule has 1 aromatic rings. The summed E-state index contributed by atoms with van der Waals surface area (Å²) < 4.78 is 0. The average molecular weight is 158 g/mol. The predicted molar refractivity (Wildman–Crippen MR) is 41.8 cm³/mol. The number of rotatable bonds is 1. The van der Waals surface area contributed by atoms with Gasteiger partial charge in [-0.25, -0.2) is 0 Å². The molecule has 0 bridgehead atoms. The fourth-order valence-electron chi connectivity index (χ4n) is 0.654. The molecule has 0 unspecified atom stereocenters. The van der Waals surface area contributed by atoms with Crippen LogP contribution in [-0.4, -0.2) is 4.98 Å².